The van der Waals surface area contributed by atoms with Crippen LogP contribution in [0, 0.1) is 11.2 Å². The van der Waals surface area contributed by atoms with Gasteiger partial charge in [0, 0.05) is 19.2 Å². The molecule has 1 aliphatic rings. The normalized spacial score (nSPS) is 17.8. The largest absolute Gasteiger partial charge is 0.507 e. The molecular weight excluding hydrogens is 265 g/mol. The number of phenols is 1. The average molecular weight is 281 g/mol. The Kier molecular flexibility index (Phi) is 3.65. The highest BCUT2D eigenvalue weighted by molar-refractivity contribution is 5.97. The van der Waals surface area contributed by atoms with Crippen LogP contribution in [-0.4, -0.2) is 40.1 Å². The summed E-state index contributed by atoms with van der Waals surface area (Å²) in [6.07, 6.45) is 0.714. The van der Waals surface area contributed by atoms with Crippen molar-refractivity contribution in [1.82, 2.24) is 4.90 Å². The number of carbonyl (C=O) groups excluding carboxylic acids is 1. The Balaban J connectivity index is 2.11. The van der Waals surface area contributed by atoms with Crippen LogP contribution in [0.5, 0.6) is 5.75 Å². The highest BCUT2D eigenvalue weighted by Crippen LogP contribution is 2.32. The Hall–Kier alpha value is -2.11. The van der Waals surface area contributed by atoms with Gasteiger partial charge in [-0.05, 0) is 31.9 Å². The van der Waals surface area contributed by atoms with Gasteiger partial charge in [-0.2, -0.15) is 0 Å². The van der Waals surface area contributed by atoms with Gasteiger partial charge in [-0.1, -0.05) is 0 Å². The van der Waals surface area contributed by atoms with E-state index in [4.69, 9.17) is 5.11 Å². The third kappa shape index (κ3) is 2.59. The van der Waals surface area contributed by atoms with E-state index >= 15 is 0 Å². The molecule has 0 unspecified atom stereocenters. The molecule has 0 aliphatic carbocycles. The second-order valence-corrected chi connectivity index (χ2v) is 5.32. The second kappa shape index (κ2) is 5.11. The average Bonchev–Trinajstić information content (AvgIpc) is 2.38. The molecule has 1 aromatic carbocycles. The van der Waals surface area contributed by atoms with Gasteiger partial charge in [-0.25, -0.2) is 4.39 Å². The number of likely N-dealkylation sites (tertiary alicyclic amines) is 1. The number of carboxylic acid groups (broad SMARTS) is 1. The molecule has 5 nitrogen and oxygen atoms in total. The molecule has 2 N–H and O–H groups in total. The van der Waals surface area contributed by atoms with Gasteiger partial charge in [-0.3, -0.25) is 9.59 Å². The Morgan fingerprint density at radius 3 is 2.40 bits per heavy atom. The lowest BCUT2D eigenvalue weighted by molar-refractivity contribution is -0.150. The summed E-state index contributed by atoms with van der Waals surface area (Å²) >= 11 is 0. The number of hydrogen-bond acceptors (Lipinski definition) is 3. The van der Waals surface area contributed by atoms with Crippen LogP contribution in [0.15, 0.2) is 18.2 Å². The van der Waals surface area contributed by atoms with Crippen molar-refractivity contribution >= 4 is 11.9 Å². The number of aliphatic carboxylic acids is 1. The van der Waals surface area contributed by atoms with Gasteiger partial charge in [0.15, 0.2) is 0 Å². The minimum atomic E-state index is -0.866. The van der Waals surface area contributed by atoms with Gasteiger partial charge in [-0.15, -0.1) is 0 Å². The lowest BCUT2D eigenvalue weighted by Crippen LogP contribution is -2.45. The van der Waals surface area contributed by atoms with Crippen molar-refractivity contribution in [3.63, 3.8) is 0 Å². The van der Waals surface area contributed by atoms with Gasteiger partial charge >= 0.3 is 5.97 Å². The Morgan fingerprint density at radius 1 is 1.30 bits per heavy atom. The summed E-state index contributed by atoms with van der Waals surface area (Å²) in [5, 5.41) is 18.7. The Labute approximate surface area is 115 Å². The molecule has 6 heteroatoms. The molecule has 1 saturated heterocycles. The van der Waals surface area contributed by atoms with Crippen molar-refractivity contribution in [3.8, 4) is 5.75 Å². The van der Waals surface area contributed by atoms with Crippen molar-refractivity contribution in [1.29, 1.82) is 0 Å². The topological polar surface area (TPSA) is 77.8 Å². The Bertz CT molecular complexity index is 550. The van der Waals surface area contributed by atoms with E-state index in [1.54, 1.807) is 6.92 Å². The number of rotatable bonds is 2. The van der Waals surface area contributed by atoms with Crippen LogP contribution in [-0.2, 0) is 4.79 Å². The van der Waals surface area contributed by atoms with E-state index in [0.29, 0.717) is 25.9 Å². The standard InChI is InChI=1S/C14H16FNO4/c1-14(13(19)20)4-6-16(7-5-14)12(18)10-3-2-9(15)8-11(10)17/h2-3,8,17H,4-7H2,1H3,(H,19,20). The highest BCUT2D eigenvalue weighted by Gasteiger charge is 2.38. The van der Waals surface area contributed by atoms with Gasteiger partial charge < -0.3 is 15.1 Å². The fourth-order valence-electron chi connectivity index (χ4n) is 2.27. The quantitative estimate of drug-likeness (QED) is 0.867. The molecule has 0 atom stereocenters. The van der Waals surface area contributed by atoms with E-state index in [0.717, 1.165) is 12.1 Å². The molecule has 0 bridgehead atoms. The van der Waals surface area contributed by atoms with Crippen LogP contribution in [0.1, 0.15) is 30.1 Å². The predicted octanol–water partition coefficient (Wildman–Crippen LogP) is 1.86. The summed E-state index contributed by atoms with van der Waals surface area (Å²) in [4.78, 5) is 24.8. The first-order valence-corrected chi connectivity index (χ1v) is 6.35. The number of hydrogen-bond donors (Lipinski definition) is 2. The number of carbonyl (C=O) groups is 2. The summed E-state index contributed by atoms with van der Waals surface area (Å²) in [6, 6.07) is 3.23. The first-order chi connectivity index (χ1) is 9.33. The SMILES string of the molecule is CC1(C(=O)O)CCN(C(=O)c2ccc(F)cc2O)CC1. The molecule has 1 fully saturated rings. The van der Waals surface area contributed by atoms with Gasteiger partial charge in [0.25, 0.3) is 5.91 Å². The molecular formula is C14H16FNO4. The lowest BCUT2D eigenvalue weighted by Gasteiger charge is -2.36. The predicted molar refractivity (Wildman–Crippen MR) is 68.9 cm³/mol. The highest BCUT2D eigenvalue weighted by atomic mass is 19.1. The summed E-state index contributed by atoms with van der Waals surface area (Å²) < 4.78 is 12.9. The maximum absolute atomic E-state index is 12.9. The summed E-state index contributed by atoms with van der Waals surface area (Å²) in [6.45, 7) is 2.27. The maximum atomic E-state index is 12.9. The first kappa shape index (κ1) is 14.3. The molecule has 0 radical (unpaired) electrons. The molecule has 1 aliphatic heterocycles. The number of nitrogens with zero attached hydrogens (tertiary/aromatic N) is 1. The summed E-state index contributed by atoms with van der Waals surface area (Å²) in [5.41, 5.74) is -0.785. The first-order valence-electron chi connectivity index (χ1n) is 6.35. The van der Waals surface area contributed by atoms with Crippen LogP contribution in [0.3, 0.4) is 0 Å². The summed E-state index contributed by atoms with van der Waals surface area (Å²) in [7, 11) is 0. The Morgan fingerprint density at radius 2 is 1.90 bits per heavy atom. The van der Waals surface area contributed by atoms with Gasteiger partial charge in [0.2, 0.25) is 0 Å². The molecule has 0 saturated carbocycles. The molecule has 20 heavy (non-hydrogen) atoms. The molecule has 2 rings (SSSR count). The molecule has 1 amide bonds. The maximum Gasteiger partial charge on any atom is 0.309 e. The van der Waals surface area contributed by atoms with E-state index < -0.39 is 28.9 Å². The van der Waals surface area contributed by atoms with E-state index in [2.05, 4.69) is 0 Å². The molecule has 1 aromatic rings. The van der Waals surface area contributed by atoms with Gasteiger partial charge in [0.05, 0.1) is 11.0 Å². The third-order valence-corrected chi connectivity index (χ3v) is 3.86. The number of benzene rings is 1. The van der Waals surface area contributed by atoms with E-state index in [1.165, 1.54) is 11.0 Å². The van der Waals surface area contributed by atoms with E-state index in [9.17, 15) is 19.1 Å². The minimum absolute atomic E-state index is 0.0327. The number of halogens is 1. The van der Waals surface area contributed by atoms with Crippen molar-refractivity contribution in [3.05, 3.63) is 29.6 Å². The van der Waals surface area contributed by atoms with Crippen LogP contribution in [0.4, 0.5) is 4.39 Å². The van der Waals surface area contributed by atoms with Crippen molar-refractivity contribution < 1.29 is 24.2 Å². The number of carboxylic acids is 1. The monoisotopic (exact) mass is 281 g/mol. The second-order valence-electron chi connectivity index (χ2n) is 5.32. The smallest absolute Gasteiger partial charge is 0.309 e. The zero-order chi connectivity index (χ0) is 14.9. The summed E-state index contributed by atoms with van der Waals surface area (Å²) in [5.74, 6) is -2.29. The zero-order valence-electron chi connectivity index (χ0n) is 11.1. The molecule has 0 aromatic heterocycles. The van der Waals surface area contributed by atoms with E-state index in [-0.39, 0.29) is 5.56 Å². The number of amides is 1. The number of aromatic hydroxyl groups is 1. The van der Waals surface area contributed by atoms with Crippen LogP contribution < -0.4 is 0 Å². The third-order valence-electron chi connectivity index (χ3n) is 3.86. The van der Waals surface area contributed by atoms with Gasteiger partial charge in [0.1, 0.15) is 11.6 Å². The van der Waals surface area contributed by atoms with Crippen molar-refractivity contribution in [2.24, 2.45) is 5.41 Å². The van der Waals surface area contributed by atoms with Crippen LogP contribution in [0.25, 0.3) is 0 Å². The number of piperidine rings is 1. The van der Waals surface area contributed by atoms with E-state index in [1.807, 2.05) is 0 Å². The molecule has 108 valence electrons. The molecule has 1 heterocycles. The fraction of sp³-hybridized carbons (Fsp3) is 0.429. The zero-order valence-corrected chi connectivity index (χ0v) is 11.1. The van der Waals surface area contributed by atoms with Crippen molar-refractivity contribution in [2.75, 3.05) is 13.1 Å². The minimum Gasteiger partial charge on any atom is -0.507 e. The fourth-order valence-corrected chi connectivity index (χ4v) is 2.27. The number of phenolic OH excluding ortho intramolecular Hbond substituents is 1. The van der Waals surface area contributed by atoms with Crippen LogP contribution in [0.2, 0.25) is 0 Å². The lowest BCUT2D eigenvalue weighted by atomic mass is 9.80. The molecule has 0 spiro atoms. The van der Waals surface area contributed by atoms with Crippen molar-refractivity contribution in [2.45, 2.75) is 19.8 Å². The van der Waals surface area contributed by atoms with Crippen LogP contribution >= 0.6 is 0 Å².